The maximum atomic E-state index is 14.2. The fourth-order valence-corrected chi connectivity index (χ4v) is 3.45. The van der Waals surface area contributed by atoms with Gasteiger partial charge in [-0.1, -0.05) is 43.7 Å². The van der Waals surface area contributed by atoms with E-state index in [-0.39, 0.29) is 25.6 Å². The lowest BCUT2D eigenvalue weighted by atomic mass is 9.84. The van der Waals surface area contributed by atoms with E-state index in [4.69, 9.17) is 4.74 Å². The van der Waals surface area contributed by atoms with Crippen LogP contribution in [0.1, 0.15) is 53.6 Å². The van der Waals surface area contributed by atoms with Gasteiger partial charge in [-0.3, -0.25) is 9.59 Å². The highest BCUT2D eigenvalue weighted by molar-refractivity contribution is 5.94. The molecule has 0 saturated carbocycles. The summed E-state index contributed by atoms with van der Waals surface area (Å²) in [5.74, 6) is -4.16. The highest BCUT2D eigenvalue weighted by Crippen LogP contribution is 2.31. The molecule has 0 aliphatic rings. The first-order valence-electron chi connectivity index (χ1n) is 10.6. The molecule has 0 aromatic heterocycles. The predicted octanol–water partition coefficient (Wildman–Crippen LogP) is 5.27. The van der Waals surface area contributed by atoms with Crippen molar-refractivity contribution in [1.29, 1.82) is 0 Å². The summed E-state index contributed by atoms with van der Waals surface area (Å²) >= 11 is 0. The standard InChI is InChI=1S/C24H27F4NO4/c1-2-3-11-33-15-17(12-22(30)31)20(16-7-5-4-6-8-16)14-29-23(32)19-10-9-18(13-21(19)25)24(26,27)28/h4-10,13,17,20H,2-3,11-12,14-15H2,1H3,(H,29,32)(H,30,31). The molecule has 2 rings (SSSR count). The number of carbonyl (C=O) groups is 2. The van der Waals surface area contributed by atoms with Gasteiger partial charge in [0.25, 0.3) is 5.91 Å². The van der Waals surface area contributed by atoms with Gasteiger partial charge in [0.05, 0.1) is 24.2 Å². The molecule has 0 radical (unpaired) electrons. The van der Waals surface area contributed by atoms with E-state index in [1.54, 1.807) is 30.3 Å². The molecule has 2 atom stereocenters. The Kier molecular flexibility index (Phi) is 9.84. The molecule has 1 amide bonds. The summed E-state index contributed by atoms with van der Waals surface area (Å²) in [5.41, 5.74) is -0.954. The van der Waals surface area contributed by atoms with Crippen LogP contribution in [0.3, 0.4) is 0 Å². The maximum Gasteiger partial charge on any atom is 0.416 e. The molecule has 5 nitrogen and oxygen atoms in total. The van der Waals surface area contributed by atoms with Crippen molar-refractivity contribution in [2.75, 3.05) is 19.8 Å². The molecule has 9 heteroatoms. The first-order chi connectivity index (χ1) is 15.6. The number of hydrogen-bond donors (Lipinski definition) is 2. The van der Waals surface area contributed by atoms with E-state index in [1.807, 2.05) is 6.92 Å². The molecular formula is C24H27F4NO4. The Hall–Kier alpha value is -2.94. The van der Waals surface area contributed by atoms with Crippen molar-refractivity contribution in [3.63, 3.8) is 0 Å². The summed E-state index contributed by atoms with van der Waals surface area (Å²) in [7, 11) is 0. The van der Waals surface area contributed by atoms with Gasteiger partial charge in [-0.15, -0.1) is 0 Å². The topological polar surface area (TPSA) is 75.6 Å². The van der Waals surface area contributed by atoms with Gasteiger partial charge in [0, 0.05) is 25.0 Å². The largest absolute Gasteiger partial charge is 0.481 e. The molecular weight excluding hydrogens is 442 g/mol. The Labute approximate surface area is 189 Å². The lowest BCUT2D eigenvalue weighted by molar-refractivity contribution is -0.139. The number of carbonyl (C=O) groups excluding carboxylic acids is 1. The molecule has 0 saturated heterocycles. The first-order valence-corrected chi connectivity index (χ1v) is 10.6. The van der Waals surface area contributed by atoms with Crippen molar-refractivity contribution < 1.29 is 37.0 Å². The molecule has 0 spiro atoms. The number of carboxylic acid groups (broad SMARTS) is 1. The smallest absolute Gasteiger partial charge is 0.416 e. The molecule has 180 valence electrons. The van der Waals surface area contributed by atoms with Gasteiger partial charge < -0.3 is 15.2 Å². The van der Waals surface area contributed by atoms with E-state index in [1.165, 1.54) is 0 Å². The number of unbranched alkanes of at least 4 members (excludes halogenated alkanes) is 1. The number of rotatable bonds is 12. The molecule has 33 heavy (non-hydrogen) atoms. The van der Waals surface area contributed by atoms with Crippen LogP contribution in [-0.4, -0.2) is 36.7 Å². The summed E-state index contributed by atoms with van der Waals surface area (Å²) in [6.45, 7) is 2.58. The molecule has 2 aromatic carbocycles. The van der Waals surface area contributed by atoms with E-state index < -0.39 is 46.8 Å². The van der Waals surface area contributed by atoms with Crippen LogP contribution in [0.2, 0.25) is 0 Å². The van der Waals surface area contributed by atoms with Crippen LogP contribution >= 0.6 is 0 Å². The van der Waals surface area contributed by atoms with Gasteiger partial charge >= 0.3 is 12.1 Å². The number of hydrogen-bond acceptors (Lipinski definition) is 3. The van der Waals surface area contributed by atoms with E-state index >= 15 is 0 Å². The van der Waals surface area contributed by atoms with Crippen molar-refractivity contribution in [1.82, 2.24) is 5.32 Å². The number of ether oxygens (including phenoxy) is 1. The maximum absolute atomic E-state index is 14.2. The van der Waals surface area contributed by atoms with Gasteiger partial charge in [0.2, 0.25) is 0 Å². The first kappa shape index (κ1) is 26.3. The number of carboxylic acids is 1. The molecule has 2 unspecified atom stereocenters. The number of benzene rings is 2. The van der Waals surface area contributed by atoms with Crippen LogP contribution in [0.4, 0.5) is 17.6 Å². The van der Waals surface area contributed by atoms with Gasteiger partial charge in [0.15, 0.2) is 0 Å². The normalized spacial score (nSPS) is 13.4. The number of aliphatic carboxylic acids is 1. The highest BCUT2D eigenvalue weighted by Gasteiger charge is 2.32. The summed E-state index contributed by atoms with van der Waals surface area (Å²) in [6.07, 6.45) is -3.20. The SMILES string of the molecule is CCCCOCC(CC(=O)O)C(CNC(=O)c1ccc(C(F)(F)F)cc1F)c1ccccc1. The average molecular weight is 469 g/mol. The average Bonchev–Trinajstić information content (AvgIpc) is 2.76. The Balaban J connectivity index is 2.20. The van der Waals surface area contributed by atoms with Crippen LogP contribution in [0.5, 0.6) is 0 Å². The van der Waals surface area contributed by atoms with Crippen molar-refractivity contribution in [3.8, 4) is 0 Å². The summed E-state index contributed by atoms with van der Waals surface area (Å²) in [4.78, 5) is 24.0. The minimum Gasteiger partial charge on any atom is -0.481 e. The zero-order valence-corrected chi connectivity index (χ0v) is 18.2. The lowest BCUT2D eigenvalue weighted by Crippen LogP contribution is -2.34. The Morgan fingerprint density at radius 3 is 2.39 bits per heavy atom. The van der Waals surface area contributed by atoms with E-state index in [0.717, 1.165) is 24.5 Å². The molecule has 0 bridgehead atoms. The van der Waals surface area contributed by atoms with Crippen LogP contribution < -0.4 is 5.32 Å². The second-order valence-corrected chi connectivity index (χ2v) is 7.71. The Morgan fingerprint density at radius 2 is 1.82 bits per heavy atom. The van der Waals surface area contributed by atoms with Crippen molar-refractivity contribution >= 4 is 11.9 Å². The van der Waals surface area contributed by atoms with Gasteiger partial charge in [0.1, 0.15) is 5.82 Å². The Bertz CT molecular complexity index is 918. The summed E-state index contributed by atoms with van der Waals surface area (Å²) in [5, 5.41) is 11.9. The number of nitrogens with one attached hydrogen (secondary N) is 1. The van der Waals surface area contributed by atoms with Crippen molar-refractivity contribution in [2.45, 2.75) is 38.3 Å². The number of amides is 1. The summed E-state index contributed by atoms with van der Waals surface area (Å²) < 4.78 is 58.1. The minimum absolute atomic E-state index is 0.0433. The van der Waals surface area contributed by atoms with Gasteiger partial charge in [-0.2, -0.15) is 13.2 Å². The number of halogens is 4. The van der Waals surface area contributed by atoms with Crippen LogP contribution in [-0.2, 0) is 15.7 Å². The second kappa shape index (κ2) is 12.3. The van der Waals surface area contributed by atoms with Gasteiger partial charge in [-0.25, -0.2) is 4.39 Å². The van der Waals surface area contributed by atoms with E-state index in [0.29, 0.717) is 12.7 Å². The zero-order valence-electron chi connectivity index (χ0n) is 18.2. The highest BCUT2D eigenvalue weighted by atomic mass is 19.4. The van der Waals surface area contributed by atoms with Crippen molar-refractivity contribution in [2.24, 2.45) is 5.92 Å². The minimum atomic E-state index is -4.73. The lowest BCUT2D eigenvalue weighted by Gasteiger charge is -2.27. The monoisotopic (exact) mass is 469 g/mol. The third-order valence-corrected chi connectivity index (χ3v) is 5.23. The van der Waals surface area contributed by atoms with E-state index in [9.17, 15) is 32.3 Å². The quantitative estimate of drug-likeness (QED) is 0.328. The fourth-order valence-electron chi connectivity index (χ4n) is 3.45. The van der Waals surface area contributed by atoms with Gasteiger partial charge in [-0.05, 0) is 30.2 Å². The molecule has 2 N–H and O–H groups in total. The fraction of sp³-hybridized carbons (Fsp3) is 0.417. The molecule has 0 heterocycles. The van der Waals surface area contributed by atoms with Crippen LogP contribution in [0, 0.1) is 11.7 Å². The zero-order chi connectivity index (χ0) is 24.4. The van der Waals surface area contributed by atoms with Crippen LogP contribution in [0.25, 0.3) is 0 Å². The molecule has 0 aliphatic carbocycles. The second-order valence-electron chi connectivity index (χ2n) is 7.71. The van der Waals surface area contributed by atoms with Crippen LogP contribution in [0.15, 0.2) is 48.5 Å². The number of alkyl halides is 3. The molecule has 0 fully saturated rings. The molecule has 0 aliphatic heterocycles. The van der Waals surface area contributed by atoms with Crippen molar-refractivity contribution in [3.05, 3.63) is 71.0 Å². The third-order valence-electron chi connectivity index (χ3n) is 5.23. The molecule has 2 aromatic rings. The summed E-state index contributed by atoms with van der Waals surface area (Å²) in [6, 6.07) is 10.6. The Morgan fingerprint density at radius 1 is 1.12 bits per heavy atom. The predicted molar refractivity (Wildman–Crippen MR) is 114 cm³/mol. The third kappa shape index (κ3) is 8.16. The van der Waals surface area contributed by atoms with E-state index in [2.05, 4.69) is 5.32 Å².